The van der Waals surface area contributed by atoms with E-state index in [0.717, 1.165) is 0 Å². The number of nitrogens with one attached hydrogen (secondary N) is 1. The van der Waals surface area contributed by atoms with Crippen LogP contribution < -0.4 is 5.32 Å². The van der Waals surface area contributed by atoms with E-state index in [2.05, 4.69) is 20.4 Å². The largest absolute Gasteiger partial charge is 0.444 e. The van der Waals surface area contributed by atoms with E-state index in [4.69, 9.17) is 4.74 Å². The van der Waals surface area contributed by atoms with E-state index in [9.17, 15) is 22.7 Å². The van der Waals surface area contributed by atoms with E-state index < -0.39 is 32.6 Å². The smallest absolute Gasteiger partial charge is 0.410 e. The van der Waals surface area contributed by atoms with Gasteiger partial charge in [0.15, 0.2) is 14.9 Å². The Balaban J connectivity index is 1.31. The zero-order chi connectivity index (χ0) is 29.4. The lowest BCUT2D eigenvalue weighted by atomic mass is 10.1. The molecule has 1 aliphatic rings. The lowest BCUT2D eigenvalue weighted by Crippen LogP contribution is -2.44. The number of hydrogen-bond acceptors (Lipinski definition) is 9. The SMILES string of the molecule is CC(C)(C)OC(=O)N1CCC(S(=O)(=O)c2ccc3cnc(Nc4ccc(-n5ccc(CO)n5)cc4F)cc3n2)CC1. The minimum atomic E-state index is -3.76. The summed E-state index contributed by atoms with van der Waals surface area (Å²) in [4.78, 5) is 22.6. The van der Waals surface area contributed by atoms with Crippen LogP contribution in [0.25, 0.3) is 16.6 Å². The number of fused-ring (bicyclic) bond motifs is 1. The summed E-state index contributed by atoms with van der Waals surface area (Å²) < 4.78 is 48.6. The molecule has 0 saturated carbocycles. The number of halogens is 1. The van der Waals surface area contributed by atoms with Crippen molar-refractivity contribution in [3.63, 3.8) is 0 Å². The van der Waals surface area contributed by atoms with Gasteiger partial charge >= 0.3 is 6.09 Å². The van der Waals surface area contributed by atoms with Crippen molar-refractivity contribution in [2.45, 2.75) is 56.1 Å². The first-order valence-electron chi connectivity index (χ1n) is 13.1. The van der Waals surface area contributed by atoms with Gasteiger partial charge in [-0.25, -0.2) is 32.3 Å². The van der Waals surface area contributed by atoms with Gasteiger partial charge in [0.2, 0.25) is 0 Å². The van der Waals surface area contributed by atoms with Gasteiger partial charge in [-0.05, 0) is 63.9 Å². The maximum absolute atomic E-state index is 14.9. The summed E-state index contributed by atoms with van der Waals surface area (Å²) in [6.45, 7) is 5.69. The summed E-state index contributed by atoms with van der Waals surface area (Å²) in [5, 5.41) is 16.2. The van der Waals surface area contributed by atoms with Crippen molar-refractivity contribution in [1.29, 1.82) is 0 Å². The second-order valence-electron chi connectivity index (χ2n) is 10.8. The molecule has 5 rings (SSSR count). The van der Waals surface area contributed by atoms with Crippen LogP contribution in [-0.4, -0.2) is 68.2 Å². The van der Waals surface area contributed by atoms with Crippen LogP contribution in [0.4, 0.5) is 20.7 Å². The number of aliphatic hydroxyl groups excluding tert-OH is 1. The number of likely N-dealkylation sites (tertiary alicyclic amines) is 1. The standard InChI is InChI=1S/C28H31FN6O5S/c1-28(2,3)40-27(37)34-11-9-21(10-12-34)41(38,39)26-7-4-18-16-30-25(15-24(18)32-26)31-23-6-5-20(14-22(23)29)35-13-8-19(17-36)33-35/h4-8,13-16,21,36H,9-12,17H2,1-3H3,(H,30,31). The fourth-order valence-electron chi connectivity index (χ4n) is 4.55. The molecule has 0 bridgehead atoms. The van der Waals surface area contributed by atoms with Gasteiger partial charge in [-0.2, -0.15) is 5.10 Å². The molecule has 3 aromatic heterocycles. The minimum absolute atomic E-state index is 0.0603. The Hall–Kier alpha value is -4.10. The zero-order valence-corrected chi connectivity index (χ0v) is 23.7. The van der Waals surface area contributed by atoms with Gasteiger partial charge in [-0.1, -0.05) is 0 Å². The molecule has 1 amide bonds. The topological polar surface area (TPSA) is 140 Å². The first-order chi connectivity index (χ1) is 19.4. The maximum Gasteiger partial charge on any atom is 0.410 e. The van der Waals surface area contributed by atoms with Crippen LogP contribution in [0.15, 0.2) is 59.9 Å². The number of piperidine rings is 1. The lowest BCUT2D eigenvalue weighted by Gasteiger charge is -2.33. The van der Waals surface area contributed by atoms with Crippen LogP contribution in [-0.2, 0) is 21.2 Å². The van der Waals surface area contributed by atoms with Gasteiger partial charge in [0.25, 0.3) is 0 Å². The molecule has 0 radical (unpaired) electrons. The molecule has 216 valence electrons. The Morgan fingerprint density at radius 1 is 1.15 bits per heavy atom. The summed E-state index contributed by atoms with van der Waals surface area (Å²) in [5.74, 6) is -0.258. The number of nitrogens with zero attached hydrogens (tertiary/aromatic N) is 5. The number of hydrogen-bond donors (Lipinski definition) is 2. The van der Waals surface area contributed by atoms with Crippen molar-refractivity contribution in [3.8, 4) is 5.69 Å². The third kappa shape index (κ3) is 6.30. The normalized spacial score (nSPS) is 14.8. The maximum atomic E-state index is 14.9. The van der Waals surface area contributed by atoms with Gasteiger partial charge in [-0.3, -0.25) is 0 Å². The van der Waals surface area contributed by atoms with Gasteiger partial charge in [0, 0.05) is 43.0 Å². The van der Waals surface area contributed by atoms with Crippen LogP contribution in [0, 0.1) is 5.82 Å². The van der Waals surface area contributed by atoms with Crippen LogP contribution in [0.2, 0.25) is 0 Å². The number of ether oxygens (including phenoxy) is 1. The molecular formula is C28H31FN6O5S. The average molecular weight is 583 g/mol. The number of sulfone groups is 1. The average Bonchev–Trinajstić information content (AvgIpc) is 3.42. The highest BCUT2D eigenvalue weighted by Gasteiger charge is 2.35. The fourth-order valence-corrected chi connectivity index (χ4v) is 6.20. The molecule has 0 unspecified atom stereocenters. The number of amides is 1. The van der Waals surface area contributed by atoms with E-state index in [0.29, 0.717) is 28.1 Å². The highest BCUT2D eigenvalue weighted by Crippen LogP contribution is 2.28. The van der Waals surface area contributed by atoms with E-state index in [1.165, 1.54) is 34.0 Å². The Labute approximate surface area is 236 Å². The highest BCUT2D eigenvalue weighted by molar-refractivity contribution is 7.92. The van der Waals surface area contributed by atoms with Crippen molar-refractivity contribution in [3.05, 3.63) is 66.4 Å². The fraction of sp³-hybridized carbons (Fsp3) is 0.357. The number of pyridine rings is 2. The van der Waals surface area contributed by atoms with Gasteiger partial charge in [-0.15, -0.1) is 0 Å². The van der Waals surface area contributed by atoms with Gasteiger partial charge in [0.05, 0.1) is 34.4 Å². The van der Waals surface area contributed by atoms with Crippen molar-refractivity contribution >= 4 is 38.3 Å². The molecular weight excluding hydrogens is 551 g/mol. The molecule has 1 saturated heterocycles. The van der Waals surface area contributed by atoms with Crippen LogP contribution in [0.5, 0.6) is 0 Å². The number of aliphatic hydroxyl groups is 1. The second kappa shape index (κ2) is 11.1. The number of rotatable bonds is 6. The Kier molecular flexibility index (Phi) is 7.66. The first-order valence-corrected chi connectivity index (χ1v) is 14.7. The Morgan fingerprint density at radius 3 is 2.56 bits per heavy atom. The molecule has 1 fully saturated rings. The van der Waals surface area contributed by atoms with Crippen LogP contribution in [0.1, 0.15) is 39.3 Å². The molecule has 1 aromatic carbocycles. The quantitative estimate of drug-likeness (QED) is 0.339. The lowest BCUT2D eigenvalue weighted by molar-refractivity contribution is 0.0217. The molecule has 41 heavy (non-hydrogen) atoms. The Morgan fingerprint density at radius 2 is 1.90 bits per heavy atom. The molecule has 4 aromatic rings. The van der Waals surface area contributed by atoms with Gasteiger partial charge < -0.3 is 20.1 Å². The third-order valence-electron chi connectivity index (χ3n) is 6.66. The first kappa shape index (κ1) is 28.4. The summed E-state index contributed by atoms with van der Waals surface area (Å²) in [5.41, 5.74) is 0.870. The number of benzene rings is 1. The van der Waals surface area contributed by atoms with Crippen molar-refractivity contribution in [1.82, 2.24) is 24.6 Å². The molecule has 4 heterocycles. The third-order valence-corrected chi connectivity index (χ3v) is 8.82. The second-order valence-corrected chi connectivity index (χ2v) is 13.0. The summed E-state index contributed by atoms with van der Waals surface area (Å²) in [7, 11) is -3.76. The molecule has 0 aliphatic carbocycles. The van der Waals surface area contributed by atoms with E-state index in [1.807, 2.05) is 0 Å². The number of carbonyl (C=O) groups is 1. The molecule has 13 heteroatoms. The molecule has 11 nitrogen and oxygen atoms in total. The predicted molar refractivity (Wildman–Crippen MR) is 150 cm³/mol. The van der Waals surface area contributed by atoms with E-state index in [-0.39, 0.29) is 43.3 Å². The van der Waals surface area contributed by atoms with Crippen LogP contribution >= 0.6 is 0 Å². The summed E-state index contributed by atoms with van der Waals surface area (Å²) in [6.07, 6.45) is 3.26. The van der Waals surface area contributed by atoms with Crippen molar-refractivity contribution < 1.29 is 27.4 Å². The number of anilines is 2. The zero-order valence-electron chi connectivity index (χ0n) is 22.9. The minimum Gasteiger partial charge on any atom is -0.444 e. The summed E-state index contributed by atoms with van der Waals surface area (Å²) >= 11 is 0. The number of carbonyl (C=O) groups excluding carboxylic acids is 1. The highest BCUT2D eigenvalue weighted by atomic mass is 32.2. The van der Waals surface area contributed by atoms with E-state index in [1.54, 1.807) is 51.2 Å². The molecule has 2 N–H and O–H groups in total. The van der Waals surface area contributed by atoms with Crippen molar-refractivity contribution in [2.75, 3.05) is 18.4 Å². The predicted octanol–water partition coefficient (Wildman–Crippen LogP) is 4.36. The molecule has 1 aliphatic heterocycles. The van der Waals surface area contributed by atoms with Crippen molar-refractivity contribution in [2.24, 2.45) is 0 Å². The number of aromatic nitrogens is 4. The summed E-state index contributed by atoms with van der Waals surface area (Å²) in [6, 6.07) is 10.8. The molecule has 0 spiro atoms. The Bertz CT molecular complexity index is 1690. The monoisotopic (exact) mass is 582 g/mol. The van der Waals surface area contributed by atoms with E-state index >= 15 is 0 Å². The molecule has 0 atom stereocenters. The van der Waals surface area contributed by atoms with Crippen LogP contribution in [0.3, 0.4) is 0 Å². The van der Waals surface area contributed by atoms with Gasteiger partial charge in [0.1, 0.15) is 17.2 Å².